The molecule has 4 nitrogen and oxygen atoms in total. The van der Waals surface area contributed by atoms with E-state index in [1.54, 1.807) is 6.07 Å². The minimum absolute atomic E-state index is 0.130. The third kappa shape index (κ3) is 5.43. The molecule has 0 fully saturated rings. The molecule has 0 spiro atoms. The van der Waals surface area contributed by atoms with E-state index in [0.29, 0.717) is 34.9 Å². The molecule has 0 saturated carbocycles. The Morgan fingerprint density at radius 1 is 1.26 bits per heavy atom. The summed E-state index contributed by atoms with van der Waals surface area (Å²) in [6.45, 7) is 8.18. The molecule has 1 rings (SSSR count). The van der Waals surface area contributed by atoms with Gasteiger partial charge in [0, 0.05) is 19.2 Å². The van der Waals surface area contributed by atoms with Crippen LogP contribution in [0.25, 0.3) is 0 Å². The molecule has 0 aliphatic heterocycles. The summed E-state index contributed by atoms with van der Waals surface area (Å²) in [6.07, 6.45) is 1.00. The molecule has 0 radical (unpaired) electrons. The lowest BCUT2D eigenvalue weighted by atomic mass is 10.3. The highest BCUT2D eigenvalue weighted by Gasteiger charge is 2.11. The Kier molecular flexibility index (Phi) is 7.28. The van der Waals surface area contributed by atoms with Crippen molar-refractivity contribution in [3.8, 4) is 0 Å². The van der Waals surface area contributed by atoms with Crippen molar-refractivity contribution < 1.29 is 4.74 Å². The quantitative estimate of drug-likeness (QED) is 0.760. The van der Waals surface area contributed by atoms with Gasteiger partial charge in [0.1, 0.15) is 11.6 Å². The second kappa shape index (κ2) is 8.46. The molecule has 0 aliphatic carbocycles. The third-order valence-corrected chi connectivity index (χ3v) is 3.00. The van der Waals surface area contributed by atoms with Gasteiger partial charge in [0.15, 0.2) is 0 Å². The predicted molar refractivity (Wildman–Crippen MR) is 82.6 cm³/mol. The minimum atomic E-state index is 0.130. The van der Waals surface area contributed by atoms with Crippen molar-refractivity contribution in [2.24, 2.45) is 0 Å². The summed E-state index contributed by atoms with van der Waals surface area (Å²) in [5, 5.41) is 7.43. The van der Waals surface area contributed by atoms with E-state index < -0.39 is 0 Å². The predicted octanol–water partition coefficient (Wildman–Crippen LogP) is 4.05. The summed E-state index contributed by atoms with van der Waals surface area (Å²) in [6, 6.07) is 1.83. The van der Waals surface area contributed by atoms with Crippen molar-refractivity contribution >= 4 is 34.8 Å². The highest BCUT2D eigenvalue weighted by atomic mass is 35.5. The third-order valence-electron chi connectivity index (χ3n) is 2.43. The summed E-state index contributed by atoms with van der Waals surface area (Å²) in [5.41, 5.74) is 0. The molecule has 108 valence electrons. The van der Waals surface area contributed by atoms with Crippen LogP contribution in [0.5, 0.6) is 0 Å². The van der Waals surface area contributed by atoms with Crippen molar-refractivity contribution in [2.75, 3.05) is 30.4 Å². The van der Waals surface area contributed by atoms with Crippen LogP contribution >= 0.6 is 23.2 Å². The largest absolute Gasteiger partial charge is 0.380 e. The summed E-state index contributed by atoms with van der Waals surface area (Å²) < 4.78 is 5.35. The van der Waals surface area contributed by atoms with Crippen molar-refractivity contribution in [3.05, 3.63) is 16.1 Å². The van der Waals surface area contributed by atoms with Crippen LogP contribution in [0, 0.1) is 0 Å². The van der Waals surface area contributed by atoms with Gasteiger partial charge in [-0.15, -0.1) is 0 Å². The van der Waals surface area contributed by atoms with E-state index in [1.807, 2.05) is 13.8 Å². The molecule has 0 saturated heterocycles. The number of pyridine rings is 1. The van der Waals surface area contributed by atoms with E-state index in [9.17, 15) is 0 Å². The second-order valence-corrected chi connectivity index (χ2v) is 5.10. The van der Waals surface area contributed by atoms with Gasteiger partial charge < -0.3 is 15.4 Å². The average Bonchev–Trinajstić information content (AvgIpc) is 2.38. The Hall–Kier alpha value is -0.710. The van der Waals surface area contributed by atoms with Crippen LogP contribution < -0.4 is 10.6 Å². The molecule has 1 atom stereocenters. The fourth-order valence-electron chi connectivity index (χ4n) is 1.50. The van der Waals surface area contributed by atoms with Gasteiger partial charge in [-0.2, -0.15) is 0 Å². The average molecular weight is 306 g/mol. The van der Waals surface area contributed by atoms with Gasteiger partial charge in [0.25, 0.3) is 0 Å². The minimum Gasteiger partial charge on any atom is -0.380 e. The maximum Gasteiger partial charge on any atom is 0.147 e. The maximum atomic E-state index is 6.14. The molecule has 19 heavy (non-hydrogen) atoms. The first-order valence-corrected chi connectivity index (χ1v) is 7.28. The normalized spacial score (nSPS) is 12.3. The zero-order valence-electron chi connectivity index (χ0n) is 11.6. The van der Waals surface area contributed by atoms with Crippen LogP contribution in [0.4, 0.5) is 11.6 Å². The molecule has 1 aromatic heterocycles. The lowest BCUT2D eigenvalue weighted by Gasteiger charge is -2.17. The van der Waals surface area contributed by atoms with Gasteiger partial charge in [-0.3, -0.25) is 0 Å². The highest BCUT2D eigenvalue weighted by Crippen LogP contribution is 2.29. The number of anilines is 2. The van der Waals surface area contributed by atoms with Crippen molar-refractivity contribution in [2.45, 2.75) is 33.2 Å². The number of aromatic nitrogens is 1. The first kappa shape index (κ1) is 16.3. The number of nitrogens with one attached hydrogen (secondary N) is 2. The highest BCUT2D eigenvalue weighted by molar-refractivity contribution is 6.37. The van der Waals surface area contributed by atoms with Crippen LogP contribution in [-0.2, 0) is 4.74 Å². The number of ether oxygens (including phenoxy) is 1. The number of halogens is 2. The summed E-state index contributed by atoms with van der Waals surface area (Å²) >= 11 is 12.2. The molecule has 1 unspecified atom stereocenters. The molecule has 2 N–H and O–H groups in total. The first-order chi connectivity index (χ1) is 9.08. The van der Waals surface area contributed by atoms with E-state index in [-0.39, 0.29) is 6.04 Å². The lowest BCUT2D eigenvalue weighted by Crippen LogP contribution is -2.22. The smallest absolute Gasteiger partial charge is 0.147 e. The Balaban J connectivity index is 2.76. The lowest BCUT2D eigenvalue weighted by molar-refractivity contribution is 0.141. The Bertz CT molecular complexity index is 402. The molecule has 0 amide bonds. The first-order valence-electron chi connectivity index (χ1n) is 6.52. The van der Waals surface area contributed by atoms with E-state index in [0.717, 1.165) is 13.0 Å². The number of nitrogens with zero attached hydrogens (tertiary/aromatic N) is 1. The van der Waals surface area contributed by atoms with Gasteiger partial charge in [0.2, 0.25) is 0 Å². The summed E-state index contributed by atoms with van der Waals surface area (Å²) in [7, 11) is 0. The molecule has 0 bridgehead atoms. The van der Waals surface area contributed by atoms with Crippen LogP contribution in [0.2, 0.25) is 10.0 Å². The zero-order chi connectivity index (χ0) is 14.3. The van der Waals surface area contributed by atoms with Crippen molar-refractivity contribution in [1.29, 1.82) is 0 Å². The van der Waals surface area contributed by atoms with Gasteiger partial charge in [0.05, 0.1) is 16.7 Å². The molecule has 1 heterocycles. The second-order valence-electron chi connectivity index (χ2n) is 4.28. The molecule has 0 aliphatic rings. The van der Waals surface area contributed by atoms with Crippen LogP contribution in [0.15, 0.2) is 6.07 Å². The Morgan fingerprint density at radius 2 is 1.95 bits per heavy atom. The summed E-state index contributed by atoms with van der Waals surface area (Å²) in [5.74, 6) is 1.27. The fourth-order valence-corrected chi connectivity index (χ4v) is 1.98. The Labute approximate surface area is 124 Å². The molecule has 6 heteroatoms. The van der Waals surface area contributed by atoms with Gasteiger partial charge in [-0.25, -0.2) is 4.98 Å². The maximum absolute atomic E-state index is 6.14. The topological polar surface area (TPSA) is 46.2 Å². The van der Waals surface area contributed by atoms with E-state index in [2.05, 4.69) is 22.5 Å². The molecular formula is C13H21Cl2N3O. The van der Waals surface area contributed by atoms with Crippen LogP contribution in [-0.4, -0.2) is 30.8 Å². The molecule has 1 aromatic rings. The van der Waals surface area contributed by atoms with Gasteiger partial charge in [-0.1, -0.05) is 30.1 Å². The van der Waals surface area contributed by atoms with Crippen molar-refractivity contribution in [1.82, 2.24) is 4.98 Å². The Morgan fingerprint density at radius 3 is 2.58 bits per heavy atom. The van der Waals surface area contributed by atoms with E-state index in [1.165, 1.54) is 0 Å². The van der Waals surface area contributed by atoms with Crippen LogP contribution in [0.3, 0.4) is 0 Å². The van der Waals surface area contributed by atoms with Crippen molar-refractivity contribution in [3.63, 3.8) is 0 Å². The van der Waals surface area contributed by atoms with Crippen LogP contribution in [0.1, 0.15) is 27.2 Å². The SMILES string of the molecule is CCCNc1nc(NC(C)COCC)c(Cl)cc1Cl. The van der Waals surface area contributed by atoms with Gasteiger partial charge >= 0.3 is 0 Å². The van der Waals surface area contributed by atoms with E-state index in [4.69, 9.17) is 27.9 Å². The number of rotatable bonds is 8. The summed E-state index contributed by atoms with van der Waals surface area (Å²) in [4.78, 5) is 4.42. The number of hydrogen-bond donors (Lipinski definition) is 2. The molecular weight excluding hydrogens is 285 g/mol. The monoisotopic (exact) mass is 305 g/mol. The molecule has 0 aromatic carbocycles. The zero-order valence-corrected chi connectivity index (χ0v) is 13.1. The number of hydrogen-bond acceptors (Lipinski definition) is 4. The van der Waals surface area contributed by atoms with Gasteiger partial charge in [-0.05, 0) is 26.3 Å². The standard InChI is InChI=1S/C13H21Cl2N3O/c1-4-6-16-12-10(14)7-11(15)13(18-12)17-9(3)8-19-5-2/h7,9H,4-6,8H2,1-3H3,(H2,16,17,18). The van der Waals surface area contributed by atoms with E-state index >= 15 is 0 Å². The fraction of sp³-hybridized carbons (Fsp3) is 0.615.